The van der Waals surface area contributed by atoms with E-state index >= 15 is 0 Å². The summed E-state index contributed by atoms with van der Waals surface area (Å²) < 4.78 is 0. The molecule has 14 heteroatoms. The maximum absolute atomic E-state index is 13.2. The molecule has 0 spiro atoms. The van der Waals surface area contributed by atoms with Crippen LogP contribution in [0.15, 0.2) is 45.2 Å². The van der Waals surface area contributed by atoms with Crippen LogP contribution in [0.3, 0.4) is 0 Å². The molecule has 0 saturated heterocycles. The molecular weight excluding hydrogens is 897 g/mol. The summed E-state index contributed by atoms with van der Waals surface area (Å²) >= 11 is 3.17. The summed E-state index contributed by atoms with van der Waals surface area (Å²) in [5, 5.41) is 55.4. The number of hydrogen-bond donors (Lipinski definition) is 6. The number of carbonyl (C=O) groups is 4. The van der Waals surface area contributed by atoms with E-state index in [2.05, 4.69) is 46.6 Å². The molecule has 0 unspecified atom stereocenters. The number of rotatable bonds is 4. The second-order valence-electron chi connectivity index (χ2n) is 21.1. The van der Waals surface area contributed by atoms with Crippen LogP contribution in [0.2, 0.25) is 0 Å². The molecule has 2 aliphatic rings. The van der Waals surface area contributed by atoms with Gasteiger partial charge in [0, 0.05) is 22.6 Å². The highest BCUT2D eigenvalue weighted by Gasteiger charge is 2.43. The Balaban J connectivity index is 0.000000360. The maximum atomic E-state index is 13.2. The molecule has 4 rings (SSSR count). The number of allylic oxidation sites excluding steroid dienone is 2. The molecule has 0 fully saturated rings. The van der Waals surface area contributed by atoms with Crippen LogP contribution in [-0.2, 0) is 19.2 Å². The first-order chi connectivity index (χ1) is 31.6. The third kappa shape index (κ3) is 17.3. The first-order valence-corrected chi connectivity index (χ1v) is 26.3. The highest BCUT2D eigenvalue weighted by atomic mass is 32.1. The minimum Gasteiger partial charge on any atom is -0.392 e. The average Bonchev–Trinajstić information content (AvgIpc) is 3.89. The Morgan fingerprint density at radius 2 is 0.941 bits per heavy atom. The number of ketones is 2. The Kier molecular flexibility index (Phi) is 22.9. The summed E-state index contributed by atoms with van der Waals surface area (Å²) in [5.41, 5.74) is 3.78. The fraction of sp³-hybridized carbons (Fsp3) is 0.667. The minimum atomic E-state index is -1.15. The van der Waals surface area contributed by atoms with Gasteiger partial charge in [-0.25, -0.2) is 9.97 Å². The summed E-state index contributed by atoms with van der Waals surface area (Å²) in [4.78, 5) is 61.3. The van der Waals surface area contributed by atoms with Crippen LogP contribution in [0.1, 0.15) is 169 Å². The molecule has 2 aromatic heterocycles. The lowest BCUT2D eigenvalue weighted by Gasteiger charge is -2.34. The largest absolute Gasteiger partial charge is 0.392 e. The van der Waals surface area contributed by atoms with Crippen molar-refractivity contribution in [3.05, 3.63) is 66.6 Å². The van der Waals surface area contributed by atoms with Crippen LogP contribution < -0.4 is 10.6 Å². The van der Waals surface area contributed by atoms with Crippen molar-refractivity contribution in [2.75, 3.05) is 0 Å². The lowest BCUT2D eigenvalue weighted by molar-refractivity contribution is -0.144. The fourth-order valence-corrected chi connectivity index (χ4v) is 10.2. The van der Waals surface area contributed by atoms with E-state index in [0.717, 1.165) is 71.1 Å². The summed E-state index contributed by atoms with van der Waals surface area (Å²) in [6.45, 7) is 26.0. The number of hydrogen-bond acceptors (Lipinski definition) is 12. The summed E-state index contributed by atoms with van der Waals surface area (Å²) in [6, 6.07) is -0.464. The molecule has 4 heterocycles. The number of aryl methyl sites for hydroxylation is 2. The third-order valence-electron chi connectivity index (χ3n) is 14.3. The van der Waals surface area contributed by atoms with E-state index in [-0.39, 0.29) is 60.1 Å². The Morgan fingerprint density at radius 1 is 0.603 bits per heavy atom. The van der Waals surface area contributed by atoms with Gasteiger partial charge in [0.25, 0.3) is 0 Å². The number of amides is 2. The average molecular weight is 981 g/mol. The molecule has 12 nitrogen and oxygen atoms in total. The van der Waals surface area contributed by atoms with Gasteiger partial charge in [-0.1, -0.05) is 78.7 Å². The SMILES string of the molecule is C/C1=C/CCC[C@H](C)[C@@H](O)[C@H](C)C(=O)C(C)(C)[C@@H](O)CC(=O)N[C@H](/C(C)=C/c2csc(C)n2)C1.C/C1=C/CCC[C@H](C)[C@H](O)[C@@H](C)C(=O)C(C)(C)[C@@H](O)CC(=O)N[C@H](/C(C)=C/c2csc(C)n2)C1. The molecular formula is C54H84N4O8S2. The molecule has 0 radical (unpaired) electrons. The van der Waals surface area contributed by atoms with Gasteiger partial charge < -0.3 is 31.1 Å². The van der Waals surface area contributed by atoms with Crippen LogP contribution in [0.5, 0.6) is 0 Å². The minimum absolute atomic E-state index is 0.0312. The van der Waals surface area contributed by atoms with Crippen molar-refractivity contribution < 1.29 is 39.6 Å². The number of aliphatic hydroxyl groups excluding tert-OH is 4. The van der Waals surface area contributed by atoms with E-state index in [1.54, 1.807) is 64.2 Å². The van der Waals surface area contributed by atoms with Gasteiger partial charge in [-0.3, -0.25) is 19.2 Å². The number of carbonyl (C=O) groups excluding carboxylic acids is 4. The van der Waals surface area contributed by atoms with Gasteiger partial charge in [0.05, 0.1) is 81.6 Å². The number of Topliss-reactive ketones (excluding diaryl/α,β-unsaturated/α-hetero) is 2. The van der Waals surface area contributed by atoms with Crippen molar-refractivity contribution in [1.82, 2.24) is 20.6 Å². The van der Waals surface area contributed by atoms with Gasteiger partial charge in [0.2, 0.25) is 11.8 Å². The monoisotopic (exact) mass is 981 g/mol. The van der Waals surface area contributed by atoms with E-state index in [4.69, 9.17) is 0 Å². The lowest BCUT2D eigenvalue weighted by atomic mass is 9.73. The Morgan fingerprint density at radius 3 is 1.25 bits per heavy atom. The van der Waals surface area contributed by atoms with E-state index in [0.29, 0.717) is 12.8 Å². The first kappa shape index (κ1) is 58.7. The second kappa shape index (κ2) is 26.5. The van der Waals surface area contributed by atoms with Crippen LogP contribution in [0, 0.1) is 48.3 Å². The van der Waals surface area contributed by atoms with E-state index in [1.807, 2.05) is 64.5 Å². The van der Waals surface area contributed by atoms with E-state index in [1.165, 1.54) is 11.1 Å². The van der Waals surface area contributed by atoms with Crippen LogP contribution >= 0.6 is 22.7 Å². The molecule has 68 heavy (non-hydrogen) atoms. The van der Waals surface area contributed by atoms with Crippen molar-refractivity contribution in [3.8, 4) is 0 Å². The smallest absolute Gasteiger partial charge is 0.223 e. The molecule has 6 N–H and O–H groups in total. The molecule has 0 bridgehead atoms. The van der Waals surface area contributed by atoms with Crippen LogP contribution in [0.4, 0.5) is 0 Å². The zero-order chi connectivity index (χ0) is 51.3. The predicted octanol–water partition coefficient (Wildman–Crippen LogP) is 9.68. The second-order valence-corrected chi connectivity index (χ2v) is 23.2. The van der Waals surface area contributed by atoms with Crippen molar-refractivity contribution in [2.24, 2.45) is 34.5 Å². The van der Waals surface area contributed by atoms with Crippen molar-refractivity contribution in [1.29, 1.82) is 0 Å². The molecule has 2 aliphatic heterocycles. The number of aromatic nitrogens is 2. The van der Waals surface area contributed by atoms with E-state index < -0.39 is 47.1 Å². The third-order valence-corrected chi connectivity index (χ3v) is 15.9. The zero-order valence-electron chi connectivity index (χ0n) is 43.4. The maximum Gasteiger partial charge on any atom is 0.223 e. The van der Waals surface area contributed by atoms with Crippen molar-refractivity contribution in [3.63, 3.8) is 0 Å². The normalized spacial score (nSPS) is 32.1. The van der Waals surface area contributed by atoms with Crippen LogP contribution in [-0.4, -0.2) is 90.3 Å². The molecule has 0 aromatic carbocycles. The molecule has 0 saturated carbocycles. The van der Waals surface area contributed by atoms with Gasteiger partial charge >= 0.3 is 0 Å². The molecule has 380 valence electrons. The predicted molar refractivity (Wildman–Crippen MR) is 277 cm³/mol. The Labute approximate surface area is 415 Å². The highest BCUT2D eigenvalue weighted by molar-refractivity contribution is 7.09. The molecule has 2 amide bonds. The van der Waals surface area contributed by atoms with Crippen molar-refractivity contribution in [2.45, 2.75) is 198 Å². The molecule has 2 aromatic rings. The highest BCUT2D eigenvalue weighted by Crippen LogP contribution is 2.34. The zero-order valence-corrected chi connectivity index (χ0v) is 45.1. The standard InChI is InChI=1S/2C27H42N2O4S/c2*1-16-10-8-9-11-17(2)25(32)19(4)26(33)27(6,7)23(30)14-24(31)29-22(12-16)18(3)13-21-15-34-20(5)28-21/h2*10,13,15,17,19,22-23,25,30,32H,8-9,11-12,14H2,1-7H3,(H,29,31)/b2*16-10-,18-13+/t17-,19+,22-,23-,25-;17-,19-,22-,23-,25+/m00/s1. The number of nitrogens with zero attached hydrogens (tertiary/aromatic N) is 2. The van der Waals surface area contributed by atoms with Gasteiger partial charge in [-0.05, 0) is 128 Å². The fourth-order valence-electron chi connectivity index (χ4n) is 9.11. The molecule has 10 atom stereocenters. The van der Waals surface area contributed by atoms with Gasteiger partial charge in [-0.15, -0.1) is 22.7 Å². The van der Waals surface area contributed by atoms with Gasteiger partial charge in [-0.2, -0.15) is 0 Å². The summed E-state index contributed by atoms with van der Waals surface area (Å²) in [7, 11) is 0. The summed E-state index contributed by atoms with van der Waals surface area (Å²) in [6.07, 6.45) is 10.7. The molecule has 0 aliphatic carbocycles. The number of nitrogens with one attached hydrogen (secondary N) is 2. The van der Waals surface area contributed by atoms with Crippen molar-refractivity contribution >= 4 is 58.2 Å². The van der Waals surface area contributed by atoms with Gasteiger partial charge in [0.15, 0.2) is 0 Å². The summed E-state index contributed by atoms with van der Waals surface area (Å²) in [5.74, 6) is -2.35. The quantitative estimate of drug-likeness (QED) is 0.160. The van der Waals surface area contributed by atoms with Crippen LogP contribution in [0.25, 0.3) is 12.2 Å². The Hall–Kier alpha value is -3.66. The van der Waals surface area contributed by atoms with E-state index in [9.17, 15) is 39.6 Å². The lowest BCUT2D eigenvalue weighted by Crippen LogP contribution is -2.47. The first-order valence-electron chi connectivity index (χ1n) is 24.6. The topological polar surface area (TPSA) is 199 Å². The van der Waals surface area contributed by atoms with Gasteiger partial charge in [0.1, 0.15) is 11.6 Å². The Bertz CT molecular complexity index is 1980. The number of thiazole rings is 2. The number of aliphatic hydroxyl groups is 4.